The molecular formula is C14H12ClN3O3. The maximum absolute atomic E-state index is 12.4. The highest BCUT2D eigenvalue weighted by Gasteiger charge is 2.18. The first-order chi connectivity index (χ1) is 9.90. The van der Waals surface area contributed by atoms with Crippen LogP contribution >= 0.6 is 11.6 Å². The molecule has 21 heavy (non-hydrogen) atoms. The van der Waals surface area contributed by atoms with Gasteiger partial charge in [0.25, 0.3) is 11.6 Å². The second-order valence-corrected chi connectivity index (χ2v) is 4.85. The number of hydrogen-bond donors (Lipinski definition) is 0. The number of hydrogen-bond acceptors (Lipinski definition) is 4. The van der Waals surface area contributed by atoms with Gasteiger partial charge in [-0.05, 0) is 25.1 Å². The van der Waals surface area contributed by atoms with Crippen LogP contribution in [0.1, 0.15) is 16.1 Å². The van der Waals surface area contributed by atoms with E-state index in [1.165, 1.54) is 35.4 Å². The lowest BCUT2D eigenvalue weighted by Gasteiger charge is -2.17. The molecule has 0 N–H and O–H groups in total. The summed E-state index contributed by atoms with van der Waals surface area (Å²) in [7, 11) is 1.57. The summed E-state index contributed by atoms with van der Waals surface area (Å²) in [6.45, 7) is 1.78. The quantitative estimate of drug-likeness (QED) is 0.644. The Morgan fingerprint density at radius 3 is 2.48 bits per heavy atom. The van der Waals surface area contributed by atoms with Crippen molar-refractivity contribution in [3.8, 4) is 0 Å². The van der Waals surface area contributed by atoms with Crippen LogP contribution in [0.3, 0.4) is 0 Å². The molecule has 0 aliphatic carbocycles. The predicted molar refractivity (Wildman–Crippen MR) is 79.8 cm³/mol. The molecule has 1 amide bonds. The number of benzene rings is 1. The summed E-state index contributed by atoms with van der Waals surface area (Å²) < 4.78 is 0. The molecule has 0 fully saturated rings. The molecule has 0 aliphatic heterocycles. The van der Waals surface area contributed by atoms with E-state index in [9.17, 15) is 14.9 Å². The number of aryl methyl sites for hydroxylation is 1. The zero-order valence-electron chi connectivity index (χ0n) is 11.4. The smallest absolute Gasteiger partial charge is 0.269 e. The van der Waals surface area contributed by atoms with Gasteiger partial charge in [-0.15, -0.1) is 0 Å². The van der Waals surface area contributed by atoms with Gasteiger partial charge >= 0.3 is 0 Å². The van der Waals surface area contributed by atoms with Crippen molar-refractivity contribution in [1.82, 2.24) is 4.98 Å². The van der Waals surface area contributed by atoms with Gasteiger partial charge in [0.15, 0.2) is 0 Å². The summed E-state index contributed by atoms with van der Waals surface area (Å²) in [6.07, 6.45) is 1.42. The summed E-state index contributed by atoms with van der Waals surface area (Å²) in [4.78, 5) is 27.9. The lowest BCUT2D eigenvalue weighted by Crippen LogP contribution is -2.26. The fourth-order valence-electron chi connectivity index (χ4n) is 1.78. The molecule has 0 saturated carbocycles. The van der Waals surface area contributed by atoms with E-state index in [0.29, 0.717) is 10.7 Å². The molecule has 0 bridgehead atoms. The third-order valence-electron chi connectivity index (χ3n) is 2.97. The second-order valence-electron chi connectivity index (χ2n) is 4.44. The van der Waals surface area contributed by atoms with Crippen LogP contribution in [0.15, 0.2) is 36.5 Å². The number of nitro groups is 1. The Kier molecular flexibility index (Phi) is 4.18. The molecule has 1 aromatic heterocycles. The number of carbonyl (C=O) groups excluding carboxylic acids is 1. The van der Waals surface area contributed by atoms with Crippen LogP contribution in [0.2, 0.25) is 5.02 Å². The topological polar surface area (TPSA) is 76.3 Å². The van der Waals surface area contributed by atoms with Crippen LogP contribution in [-0.4, -0.2) is 22.9 Å². The van der Waals surface area contributed by atoms with Crippen molar-refractivity contribution >= 4 is 28.9 Å². The van der Waals surface area contributed by atoms with Gasteiger partial charge in [0.2, 0.25) is 0 Å². The van der Waals surface area contributed by atoms with Crippen molar-refractivity contribution in [3.05, 3.63) is 62.9 Å². The Hall–Kier alpha value is -2.47. The molecule has 2 aromatic rings. The first-order valence-corrected chi connectivity index (χ1v) is 6.42. The molecule has 6 nitrogen and oxygen atoms in total. The summed E-state index contributed by atoms with van der Waals surface area (Å²) in [5.41, 5.74) is 1.49. The zero-order chi connectivity index (χ0) is 15.6. The number of nitrogens with zero attached hydrogens (tertiary/aromatic N) is 3. The van der Waals surface area contributed by atoms with Crippen molar-refractivity contribution in [3.63, 3.8) is 0 Å². The fourth-order valence-corrected chi connectivity index (χ4v) is 2.07. The molecule has 108 valence electrons. The van der Waals surface area contributed by atoms with Crippen molar-refractivity contribution in [2.24, 2.45) is 0 Å². The minimum Gasteiger partial charge on any atom is -0.311 e. The van der Waals surface area contributed by atoms with E-state index in [-0.39, 0.29) is 17.2 Å². The Morgan fingerprint density at radius 1 is 1.33 bits per heavy atom. The third-order valence-corrected chi connectivity index (χ3v) is 3.29. The highest BCUT2D eigenvalue weighted by atomic mass is 35.5. The van der Waals surface area contributed by atoms with Gasteiger partial charge in [0, 0.05) is 36.8 Å². The van der Waals surface area contributed by atoms with Gasteiger partial charge in [0.05, 0.1) is 15.5 Å². The van der Waals surface area contributed by atoms with Gasteiger partial charge in [-0.2, -0.15) is 0 Å². The molecule has 0 aliphatic rings. The van der Waals surface area contributed by atoms with Crippen LogP contribution in [-0.2, 0) is 0 Å². The molecule has 0 saturated heterocycles. The van der Waals surface area contributed by atoms with E-state index < -0.39 is 4.92 Å². The molecule has 2 rings (SSSR count). The van der Waals surface area contributed by atoms with Gasteiger partial charge in [-0.25, -0.2) is 0 Å². The molecular weight excluding hydrogens is 294 g/mol. The molecule has 0 radical (unpaired) electrons. The van der Waals surface area contributed by atoms with Crippen molar-refractivity contribution in [2.75, 3.05) is 11.9 Å². The highest BCUT2D eigenvalue weighted by molar-refractivity contribution is 6.34. The Morgan fingerprint density at radius 2 is 1.95 bits per heavy atom. The van der Waals surface area contributed by atoms with Crippen LogP contribution < -0.4 is 4.90 Å². The van der Waals surface area contributed by atoms with E-state index in [1.54, 1.807) is 20.0 Å². The van der Waals surface area contributed by atoms with Crippen LogP contribution in [0, 0.1) is 17.0 Å². The van der Waals surface area contributed by atoms with Gasteiger partial charge in [-0.1, -0.05) is 11.6 Å². The monoisotopic (exact) mass is 305 g/mol. The van der Waals surface area contributed by atoms with Crippen molar-refractivity contribution in [2.45, 2.75) is 6.92 Å². The normalized spacial score (nSPS) is 10.2. The Balaban J connectivity index is 2.28. The zero-order valence-corrected chi connectivity index (χ0v) is 12.2. The minimum absolute atomic E-state index is 0.0327. The average molecular weight is 306 g/mol. The molecule has 1 heterocycles. The molecule has 0 spiro atoms. The number of carbonyl (C=O) groups is 1. The van der Waals surface area contributed by atoms with Crippen LogP contribution in [0.5, 0.6) is 0 Å². The number of halogens is 1. The Labute approximate surface area is 126 Å². The van der Waals surface area contributed by atoms with Crippen molar-refractivity contribution < 1.29 is 9.72 Å². The van der Waals surface area contributed by atoms with Crippen molar-refractivity contribution in [1.29, 1.82) is 0 Å². The summed E-state index contributed by atoms with van der Waals surface area (Å²) >= 11 is 6.05. The molecule has 0 unspecified atom stereocenters. The molecule has 7 heteroatoms. The maximum atomic E-state index is 12.4. The first kappa shape index (κ1) is 14.9. The average Bonchev–Trinajstić information content (AvgIpc) is 2.46. The summed E-state index contributed by atoms with van der Waals surface area (Å²) in [5, 5.41) is 10.9. The third kappa shape index (κ3) is 3.17. The van der Waals surface area contributed by atoms with E-state index in [0.717, 1.165) is 5.69 Å². The van der Waals surface area contributed by atoms with Gasteiger partial charge < -0.3 is 4.90 Å². The van der Waals surface area contributed by atoms with E-state index in [1.807, 2.05) is 0 Å². The number of rotatable bonds is 3. The maximum Gasteiger partial charge on any atom is 0.269 e. The van der Waals surface area contributed by atoms with E-state index >= 15 is 0 Å². The number of nitro benzene ring substituents is 1. The van der Waals surface area contributed by atoms with Gasteiger partial charge in [0.1, 0.15) is 0 Å². The largest absolute Gasteiger partial charge is 0.311 e. The first-order valence-electron chi connectivity index (χ1n) is 6.05. The fraction of sp³-hybridized carbons (Fsp3) is 0.143. The highest BCUT2D eigenvalue weighted by Crippen LogP contribution is 2.22. The van der Waals surface area contributed by atoms with E-state index in [4.69, 9.17) is 11.6 Å². The Bertz CT molecular complexity index is 701. The second kappa shape index (κ2) is 5.88. The number of aromatic nitrogens is 1. The molecule has 1 aromatic carbocycles. The standard InChI is InChI=1S/C14H12ClN3O3/c1-9-7-13(15)12(8-16-9)14(19)17(2)10-3-5-11(6-4-10)18(20)21/h3-8H,1-2H3. The lowest BCUT2D eigenvalue weighted by molar-refractivity contribution is -0.384. The minimum atomic E-state index is -0.494. The lowest BCUT2D eigenvalue weighted by atomic mass is 10.2. The predicted octanol–water partition coefficient (Wildman–Crippen LogP) is 3.23. The van der Waals surface area contributed by atoms with E-state index in [2.05, 4.69) is 4.98 Å². The molecule has 0 atom stereocenters. The van der Waals surface area contributed by atoms with Crippen LogP contribution in [0.25, 0.3) is 0 Å². The number of non-ortho nitro benzene ring substituents is 1. The van der Waals surface area contributed by atoms with Crippen LogP contribution in [0.4, 0.5) is 11.4 Å². The SMILES string of the molecule is Cc1cc(Cl)c(C(=O)N(C)c2ccc([N+](=O)[O-])cc2)cn1. The summed E-state index contributed by atoms with van der Waals surface area (Å²) in [5.74, 6) is -0.332. The van der Waals surface area contributed by atoms with Gasteiger partial charge in [-0.3, -0.25) is 19.9 Å². The number of anilines is 1. The summed E-state index contributed by atoms with van der Waals surface area (Å²) in [6, 6.07) is 7.30. The number of pyridine rings is 1. The number of amides is 1.